The first kappa shape index (κ1) is 22.6. The van der Waals surface area contributed by atoms with Crippen molar-refractivity contribution in [2.24, 2.45) is 0 Å². The fourth-order valence-electron chi connectivity index (χ4n) is 3.88. The Bertz CT molecular complexity index is 847. The summed E-state index contributed by atoms with van der Waals surface area (Å²) in [4.78, 5) is 27.8. The van der Waals surface area contributed by atoms with Gasteiger partial charge in [0.25, 0.3) is 0 Å². The lowest BCUT2D eigenvalue weighted by Gasteiger charge is -2.31. The van der Waals surface area contributed by atoms with Crippen molar-refractivity contribution in [1.82, 2.24) is 10.2 Å². The van der Waals surface area contributed by atoms with Crippen LogP contribution in [0.1, 0.15) is 50.2 Å². The predicted octanol–water partition coefficient (Wildman–Crippen LogP) is 5.40. The second-order valence-electron chi connectivity index (χ2n) is 7.90. The quantitative estimate of drug-likeness (QED) is 0.618. The Labute approximate surface area is 188 Å². The number of amides is 2. The van der Waals surface area contributed by atoms with E-state index in [4.69, 9.17) is 23.2 Å². The molecule has 3 rings (SSSR count). The van der Waals surface area contributed by atoms with E-state index in [9.17, 15) is 9.59 Å². The molecule has 2 aromatic carbocycles. The lowest BCUT2D eigenvalue weighted by Crippen LogP contribution is -2.50. The zero-order valence-electron chi connectivity index (χ0n) is 17.2. The van der Waals surface area contributed by atoms with Gasteiger partial charge in [0.1, 0.15) is 6.04 Å². The molecule has 1 fully saturated rings. The molecule has 1 atom stereocenters. The van der Waals surface area contributed by atoms with E-state index in [1.807, 2.05) is 30.3 Å². The maximum Gasteiger partial charge on any atom is 0.242 e. The van der Waals surface area contributed by atoms with E-state index in [2.05, 4.69) is 5.32 Å². The fourth-order valence-corrected chi connectivity index (χ4v) is 4.39. The Balaban J connectivity index is 1.80. The number of hydrogen-bond donors (Lipinski definition) is 1. The van der Waals surface area contributed by atoms with Crippen LogP contribution in [0.4, 0.5) is 0 Å². The highest BCUT2D eigenvalue weighted by atomic mass is 35.5. The lowest BCUT2D eigenvalue weighted by atomic mass is 9.95. The topological polar surface area (TPSA) is 49.4 Å². The number of nitrogens with zero attached hydrogens (tertiary/aromatic N) is 1. The number of benzene rings is 2. The molecule has 160 valence electrons. The van der Waals surface area contributed by atoms with Gasteiger partial charge in [-0.15, -0.1) is 0 Å². The molecule has 4 nitrogen and oxygen atoms in total. The van der Waals surface area contributed by atoms with Crippen molar-refractivity contribution in [1.29, 1.82) is 0 Å². The van der Waals surface area contributed by atoms with E-state index in [-0.39, 0.29) is 30.8 Å². The van der Waals surface area contributed by atoms with Gasteiger partial charge in [0.15, 0.2) is 0 Å². The van der Waals surface area contributed by atoms with Crippen LogP contribution >= 0.6 is 23.2 Å². The average molecular weight is 447 g/mol. The lowest BCUT2D eigenvalue weighted by molar-refractivity contribution is -0.140. The van der Waals surface area contributed by atoms with Crippen LogP contribution in [0.5, 0.6) is 0 Å². The van der Waals surface area contributed by atoms with Crippen molar-refractivity contribution in [3.63, 3.8) is 0 Å². The Hall–Kier alpha value is -2.04. The third-order valence-electron chi connectivity index (χ3n) is 5.71. The molecular formula is C24H28Cl2N2O2. The minimum atomic E-state index is -0.629. The number of halogens is 2. The third-order valence-corrected chi connectivity index (χ3v) is 6.42. The summed E-state index contributed by atoms with van der Waals surface area (Å²) < 4.78 is 0. The molecule has 2 aromatic rings. The van der Waals surface area contributed by atoms with Gasteiger partial charge < -0.3 is 10.2 Å². The summed E-state index contributed by atoms with van der Waals surface area (Å²) in [5.41, 5.74) is 1.55. The smallest absolute Gasteiger partial charge is 0.242 e. The summed E-state index contributed by atoms with van der Waals surface area (Å²) in [6, 6.07) is 14.3. The van der Waals surface area contributed by atoms with Gasteiger partial charge in [0.2, 0.25) is 11.8 Å². The molecule has 0 radical (unpaired) electrons. The molecule has 6 heteroatoms. The maximum atomic E-state index is 13.2. The van der Waals surface area contributed by atoms with E-state index in [1.54, 1.807) is 30.0 Å². The largest absolute Gasteiger partial charge is 0.352 e. The summed E-state index contributed by atoms with van der Waals surface area (Å²) in [5, 5.41) is 4.11. The van der Waals surface area contributed by atoms with Crippen molar-refractivity contribution in [3.05, 3.63) is 69.7 Å². The molecule has 1 aliphatic carbocycles. The molecule has 0 heterocycles. The second-order valence-corrected chi connectivity index (χ2v) is 8.72. The molecule has 2 amide bonds. The minimum absolute atomic E-state index is 0.133. The van der Waals surface area contributed by atoms with Gasteiger partial charge in [-0.3, -0.25) is 9.59 Å². The van der Waals surface area contributed by atoms with Crippen molar-refractivity contribution < 1.29 is 9.59 Å². The van der Waals surface area contributed by atoms with Gasteiger partial charge in [0, 0.05) is 28.2 Å². The fraction of sp³-hybridized carbons (Fsp3) is 0.417. The van der Waals surface area contributed by atoms with Crippen LogP contribution in [0.25, 0.3) is 0 Å². The molecule has 0 saturated heterocycles. The van der Waals surface area contributed by atoms with Gasteiger partial charge >= 0.3 is 0 Å². The highest BCUT2D eigenvalue weighted by molar-refractivity contribution is 6.36. The second kappa shape index (κ2) is 10.8. The number of rotatable bonds is 7. The summed E-state index contributed by atoms with van der Waals surface area (Å²) >= 11 is 12.7. The van der Waals surface area contributed by atoms with E-state index in [0.29, 0.717) is 15.6 Å². The zero-order chi connectivity index (χ0) is 21.5. The predicted molar refractivity (Wildman–Crippen MR) is 122 cm³/mol. The van der Waals surface area contributed by atoms with Crippen molar-refractivity contribution in [2.75, 3.05) is 0 Å². The minimum Gasteiger partial charge on any atom is -0.352 e. The van der Waals surface area contributed by atoms with Gasteiger partial charge in [-0.1, -0.05) is 78.9 Å². The molecule has 0 spiro atoms. The number of nitrogens with one attached hydrogen (secondary N) is 1. The molecule has 30 heavy (non-hydrogen) atoms. The van der Waals surface area contributed by atoms with Gasteiger partial charge in [-0.05, 0) is 37.5 Å². The molecule has 0 bridgehead atoms. The van der Waals surface area contributed by atoms with Crippen molar-refractivity contribution >= 4 is 35.0 Å². The first-order valence-electron chi connectivity index (χ1n) is 10.5. The standard InChI is InChI=1S/C24H28Cl2N2O2/c1-17(24(30)27-19-11-6-3-7-12-19)28(16-20-21(25)13-8-14-22(20)26)23(29)15-18-9-4-2-5-10-18/h2,4-5,8-10,13-14,17,19H,3,6-7,11-12,15-16H2,1H3,(H,27,30). The van der Waals surface area contributed by atoms with E-state index < -0.39 is 6.04 Å². The van der Waals surface area contributed by atoms with Crippen LogP contribution < -0.4 is 5.32 Å². The molecule has 1 saturated carbocycles. The molecule has 1 N–H and O–H groups in total. The van der Waals surface area contributed by atoms with Crippen LogP contribution in [-0.2, 0) is 22.6 Å². The Morgan fingerprint density at radius 1 is 1.00 bits per heavy atom. The van der Waals surface area contributed by atoms with Crippen LogP contribution in [0.15, 0.2) is 48.5 Å². The Morgan fingerprint density at radius 2 is 1.63 bits per heavy atom. The molecule has 1 unspecified atom stereocenters. The first-order chi connectivity index (χ1) is 14.5. The zero-order valence-corrected chi connectivity index (χ0v) is 18.8. The highest BCUT2D eigenvalue weighted by Crippen LogP contribution is 2.27. The van der Waals surface area contributed by atoms with Crippen LogP contribution in [0.3, 0.4) is 0 Å². The first-order valence-corrected chi connectivity index (χ1v) is 11.3. The number of hydrogen-bond acceptors (Lipinski definition) is 2. The molecular weight excluding hydrogens is 419 g/mol. The third kappa shape index (κ3) is 5.99. The highest BCUT2D eigenvalue weighted by Gasteiger charge is 2.29. The van der Waals surface area contributed by atoms with Gasteiger partial charge in [-0.25, -0.2) is 0 Å². The summed E-state index contributed by atoms with van der Waals surface area (Å²) in [7, 11) is 0. The van der Waals surface area contributed by atoms with Crippen LogP contribution in [0.2, 0.25) is 10.0 Å². The summed E-state index contributed by atoms with van der Waals surface area (Å²) in [6.45, 7) is 1.95. The number of carbonyl (C=O) groups is 2. The van der Waals surface area contributed by atoms with E-state index in [1.165, 1.54) is 6.42 Å². The molecule has 0 aromatic heterocycles. The van der Waals surface area contributed by atoms with Crippen molar-refractivity contribution in [3.8, 4) is 0 Å². The normalized spacial score (nSPS) is 15.4. The monoisotopic (exact) mass is 446 g/mol. The number of carbonyl (C=O) groups excluding carboxylic acids is 2. The Morgan fingerprint density at radius 3 is 2.27 bits per heavy atom. The van der Waals surface area contributed by atoms with Crippen LogP contribution in [-0.4, -0.2) is 28.8 Å². The Kier molecular flexibility index (Phi) is 8.17. The summed E-state index contributed by atoms with van der Waals surface area (Å²) in [5.74, 6) is -0.269. The van der Waals surface area contributed by atoms with Crippen LogP contribution in [0, 0.1) is 0 Å². The van der Waals surface area contributed by atoms with E-state index >= 15 is 0 Å². The molecule has 0 aliphatic heterocycles. The van der Waals surface area contributed by atoms with Gasteiger partial charge in [0.05, 0.1) is 6.42 Å². The van der Waals surface area contributed by atoms with Gasteiger partial charge in [-0.2, -0.15) is 0 Å². The summed E-state index contributed by atoms with van der Waals surface area (Å²) in [6.07, 6.45) is 5.68. The molecule has 1 aliphatic rings. The van der Waals surface area contributed by atoms with E-state index in [0.717, 1.165) is 31.2 Å². The SMILES string of the molecule is CC(C(=O)NC1CCCCC1)N(Cc1c(Cl)cccc1Cl)C(=O)Cc1ccccc1. The average Bonchev–Trinajstić information content (AvgIpc) is 2.74. The maximum absolute atomic E-state index is 13.2. The van der Waals surface area contributed by atoms with Crippen molar-refractivity contribution in [2.45, 2.75) is 64.1 Å².